The molecule has 0 fully saturated rings. The summed E-state index contributed by atoms with van der Waals surface area (Å²) in [6.07, 6.45) is 3.33. The third kappa shape index (κ3) is 2.50. The minimum absolute atomic E-state index is 0.464. The summed E-state index contributed by atoms with van der Waals surface area (Å²) in [5.74, 6) is 1.06. The van der Waals surface area contributed by atoms with E-state index in [1.165, 1.54) is 0 Å². The maximum Gasteiger partial charge on any atom is 0.256 e. The molecular weight excluding hydrogens is 346 g/mol. The first-order chi connectivity index (χ1) is 10.6. The van der Waals surface area contributed by atoms with Crippen molar-refractivity contribution in [3.8, 4) is 22.8 Å². The van der Waals surface area contributed by atoms with Crippen LogP contribution in [0, 0.1) is 6.92 Å². The molecule has 3 aromatic rings. The van der Waals surface area contributed by atoms with E-state index in [1.54, 1.807) is 26.7 Å². The largest absolute Gasteiger partial charge is 0.491 e. The molecule has 0 bridgehead atoms. The average Bonchev–Trinajstić information content (AvgIpc) is 2.55. The van der Waals surface area contributed by atoms with Gasteiger partial charge in [-0.25, -0.2) is 15.0 Å². The van der Waals surface area contributed by atoms with Crippen molar-refractivity contribution in [2.75, 3.05) is 14.2 Å². The zero-order chi connectivity index (χ0) is 15.7. The Bertz CT molecular complexity index is 852. The minimum atomic E-state index is 0.464. The van der Waals surface area contributed by atoms with E-state index in [9.17, 15) is 0 Å². The SMILES string of the molecule is COc1cc(-c2cc(Br)c3ncnc(C)c3c2)cnc1OC. The minimum Gasteiger partial charge on any atom is -0.491 e. The number of pyridine rings is 1. The highest BCUT2D eigenvalue weighted by atomic mass is 79.9. The molecule has 0 amide bonds. The molecule has 6 heteroatoms. The van der Waals surface area contributed by atoms with Crippen LogP contribution < -0.4 is 9.47 Å². The van der Waals surface area contributed by atoms with Crippen LogP contribution in [0.5, 0.6) is 11.6 Å². The second-order valence-electron chi connectivity index (χ2n) is 4.75. The summed E-state index contributed by atoms with van der Waals surface area (Å²) in [7, 11) is 3.16. The molecule has 0 saturated carbocycles. The normalized spacial score (nSPS) is 10.7. The third-order valence-electron chi connectivity index (χ3n) is 3.46. The molecule has 0 N–H and O–H groups in total. The molecule has 5 nitrogen and oxygen atoms in total. The van der Waals surface area contributed by atoms with Crippen LogP contribution in [0.2, 0.25) is 0 Å². The van der Waals surface area contributed by atoms with E-state index in [1.807, 2.05) is 19.1 Å². The number of fused-ring (bicyclic) bond motifs is 1. The quantitative estimate of drug-likeness (QED) is 0.712. The highest BCUT2D eigenvalue weighted by molar-refractivity contribution is 9.10. The lowest BCUT2D eigenvalue weighted by molar-refractivity contribution is 0.343. The highest BCUT2D eigenvalue weighted by Gasteiger charge is 2.11. The van der Waals surface area contributed by atoms with Crippen molar-refractivity contribution in [3.05, 3.63) is 40.9 Å². The van der Waals surface area contributed by atoms with Gasteiger partial charge in [-0.1, -0.05) is 0 Å². The molecule has 0 aliphatic rings. The van der Waals surface area contributed by atoms with Gasteiger partial charge in [0.15, 0.2) is 5.75 Å². The zero-order valence-corrected chi connectivity index (χ0v) is 14.0. The number of ether oxygens (including phenoxy) is 2. The molecule has 0 radical (unpaired) electrons. The maximum atomic E-state index is 5.32. The fourth-order valence-corrected chi connectivity index (χ4v) is 2.87. The number of aryl methyl sites for hydroxylation is 1. The smallest absolute Gasteiger partial charge is 0.256 e. The van der Waals surface area contributed by atoms with Gasteiger partial charge in [-0.2, -0.15) is 0 Å². The van der Waals surface area contributed by atoms with Crippen LogP contribution in [-0.2, 0) is 0 Å². The molecule has 0 aliphatic carbocycles. The fourth-order valence-electron chi connectivity index (χ4n) is 2.30. The van der Waals surface area contributed by atoms with Crippen molar-refractivity contribution in [1.82, 2.24) is 15.0 Å². The van der Waals surface area contributed by atoms with Gasteiger partial charge in [0.2, 0.25) is 0 Å². The second kappa shape index (κ2) is 5.88. The van der Waals surface area contributed by atoms with E-state index in [4.69, 9.17) is 9.47 Å². The van der Waals surface area contributed by atoms with E-state index in [2.05, 4.69) is 36.9 Å². The van der Waals surface area contributed by atoms with Crippen LogP contribution in [0.3, 0.4) is 0 Å². The summed E-state index contributed by atoms with van der Waals surface area (Å²) in [5.41, 5.74) is 3.76. The zero-order valence-electron chi connectivity index (χ0n) is 12.4. The van der Waals surface area contributed by atoms with Crippen molar-refractivity contribution < 1.29 is 9.47 Å². The van der Waals surface area contributed by atoms with Gasteiger partial charge >= 0.3 is 0 Å². The monoisotopic (exact) mass is 359 g/mol. The Morgan fingerprint density at radius 2 is 1.77 bits per heavy atom. The lowest BCUT2D eigenvalue weighted by Crippen LogP contribution is -1.94. The number of aromatic nitrogens is 3. The van der Waals surface area contributed by atoms with Gasteiger partial charge in [-0.15, -0.1) is 0 Å². The molecule has 3 rings (SSSR count). The van der Waals surface area contributed by atoms with Crippen LogP contribution in [0.1, 0.15) is 5.69 Å². The van der Waals surface area contributed by atoms with E-state index in [-0.39, 0.29) is 0 Å². The van der Waals surface area contributed by atoms with E-state index in [0.717, 1.165) is 32.2 Å². The summed E-state index contributed by atoms with van der Waals surface area (Å²) in [6, 6.07) is 5.97. The van der Waals surface area contributed by atoms with Crippen LogP contribution in [0.4, 0.5) is 0 Å². The first-order valence-electron chi connectivity index (χ1n) is 6.63. The van der Waals surface area contributed by atoms with Crippen LogP contribution in [0.25, 0.3) is 22.0 Å². The lowest BCUT2D eigenvalue weighted by Gasteiger charge is -2.10. The summed E-state index contributed by atoms with van der Waals surface area (Å²) in [6.45, 7) is 1.97. The fraction of sp³-hybridized carbons (Fsp3) is 0.188. The summed E-state index contributed by atoms with van der Waals surface area (Å²) < 4.78 is 11.4. The predicted molar refractivity (Wildman–Crippen MR) is 88.3 cm³/mol. The number of methoxy groups -OCH3 is 2. The van der Waals surface area contributed by atoms with Gasteiger partial charge in [0, 0.05) is 27.3 Å². The molecule has 112 valence electrons. The van der Waals surface area contributed by atoms with Crippen molar-refractivity contribution in [3.63, 3.8) is 0 Å². The number of rotatable bonds is 3. The number of nitrogens with zero attached hydrogens (tertiary/aromatic N) is 3. The maximum absolute atomic E-state index is 5.32. The van der Waals surface area contributed by atoms with Gasteiger partial charge in [0.1, 0.15) is 6.33 Å². The first-order valence-corrected chi connectivity index (χ1v) is 7.42. The molecule has 2 heterocycles. The van der Waals surface area contributed by atoms with Crippen molar-refractivity contribution in [2.24, 2.45) is 0 Å². The van der Waals surface area contributed by atoms with Gasteiger partial charge in [-0.3, -0.25) is 0 Å². The van der Waals surface area contributed by atoms with E-state index < -0.39 is 0 Å². The molecule has 0 aliphatic heterocycles. The van der Waals surface area contributed by atoms with Gasteiger partial charge in [0.05, 0.1) is 19.7 Å². The molecule has 2 aromatic heterocycles. The molecule has 22 heavy (non-hydrogen) atoms. The Kier molecular flexibility index (Phi) is 3.94. The summed E-state index contributed by atoms with van der Waals surface area (Å²) in [4.78, 5) is 12.9. The Labute approximate surface area is 136 Å². The molecule has 0 atom stereocenters. The summed E-state index contributed by atoms with van der Waals surface area (Å²) >= 11 is 3.58. The lowest BCUT2D eigenvalue weighted by atomic mass is 10.0. The molecular formula is C16H14BrN3O2. The molecule has 1 aromatic carbocycles. The Balaban J connectivity index is 2.20. The highest BCUT2D eigenvalue weighted by Crippen LogP contribution is 2.34. The van der Waals surface area contributed by atoms with Gasteiger partial charge < -0.3 is 9.47 Å². The average molecular weight is 360 g/mol. The van der Waals surface area contributed by atoms with Crippen molar-refractivity contribution >= 4 is 26.8 Å². The van der Waals surface area contributed by atoms with Crippen molar-refractivity contribution in [2.45, 2.75) is 6.92 Å². The Morgan fingerprint density at radius 3 is 2.50 bits per heavy atom. The van der Waals surface area contributed by atoms with Gasteiger partial charge in [0.25, 0.3) is 5.88 Å². The predicted octanol–water partition coefficient (Wildman–Crippen LogP) is 3.78. The third-order valence-corrected chi connectivity index (χ3v) is 4.06. The summed E-state index contributed by atoms with van der Waals surface area (Å²) in [5, 5.41) is 1.00. The number of hydrogen-bond donors (Lipinski definition) is 0. The van der Waals surface area contributed by atoms with Crippen molar-refractivity contribution in [1.29, 1.82) is 0 Å². The number of benzene rings is 1. The topological polar surface area (TPSA) is 57.1 Å². The van der Waals surface area contributed by atoms with Crippen LogP contribution in [-0.4, -0.2) is 29.2 Å². The number of hydrogen-bond acceptors (Lipinski definition) is 5. The Morgan fingerprint density at radius 1 is 0.955 bits per heavy atom. The van der Waals surface area contributed by atoms with E-state index in [0.29, 0.717) is 11.6 Å². The van der Waals surface area contributed by atoms with Crippen LogP contribution >= 0.6 is 15.9 Å². The standard InChI is InChI=1S/C16H14BrN3O2/c1-9-12-4-10(5-13(17)15(12)20-8-19-9)11-6-14(21-2)16(22-3)18-7-11/h4-8H,1-3H3. The van der Waals surface area contributed by atoms with Crippen LogP contribution in [0.15, 0.2) is 35.2 Å². The Hall–Kier alpha value is -2.21. The number of halogens is 1. The second-order valence-corrected chi connectivity index (χ2v) is 5.60. The van der Waals surface area contributed by atoms with Gasteiger partial charge in [-0.05, 0) is 46.6 Å². The molecule has 0 spiro atoms. The first kappa shape index (κ1) is 14.7. The van der Waals surface area contributed by atoms with E-state index >= 15 is 0 Å². The molecule has 0 saturated heterocycles. The molecule has 0 unspecified atom stereocenters.